The number of hydrogen-bond donors (Lipinski definition) is 7. The number of carbonyl (C=O) groups is 5. The van der Waals surface area contributed by atoms with Crippen LogP contribution in [0.2, 0.25) is 0 Å². The number of likely N-dealkylation sites (N-methyl/N-ethyl adjacent to an activating group) is 1. The normalized spacial score (nSPS) is 16.4. The van der Waals surface area contributed by atoms with Gasteiger partial charge in [-0.2, -0.15) is 5.26 Å². The molecule has 1 aromatic heterocycles. The van der Waals surface area contributed by atoms with E-state index in [4.69, 9.17) is 31.2 Å². The zero-order chi connectivity index (χ0) is 47.0. The van der Waals surface area contributed by atoms with Crippen molar-refractivity contribution < 1.29 is 39.2 Å². The Balaban J connectivity index is 1.54. The van der Waals surface area contributed by atoms with Crippen molar-refractivity contribution in [2.75, 3.05) is 46.4 Å². The van der Waals surface area contributed by atoms with E-state index in [0.717, 1.165) is 24.8 Å². The summed E-state index contributed by atoms with van der Waals surface area (Å²) in [5.41, 5.74) is 21.3. The third kappa shape index (κ3) is 12.7. The number of pyridine rings is 1. The van der Waals surface area contributed by atoms with Crippen LogP contribution in [0.25, 0.3) is 22.4 Å². The van der Waals surface area contributed by atoms with Crippen LogP contribution in [0.3, 0.4) is 0 Å². The molecule has 3 aromatic carbocycles. The van der Waals surface area contributed by atoms with E-state index < -0.39 is 53.7 Å². The number of quaternary nitrogens is 1. The lowest BCUT2D eigenvalue weighted by molar-refractivity contribution is -0.370. The van der Waals surface area contributed by atoms with Crippen LogP contribution in [0.5, 0.6) is 11.5 Å². The predicted molar refractivity (Wildman–Crippen MR) is 245 cm³/mol. The molecule has 5 amide bonds. The molecule has 4 aromatic rings. The molecule has 1 aliphatic rings. The molecule has 11 N–H and O–H groups in total. The minimum Gasteiger partial charge on any atom is -0.492 e. The zero-order valence-corrected chi connectivity index (χ0v) is 37.6. The topological polar surface area (TPSA) is 272 Å². The standard InChI is InChI=1S/C48H60N10O7/c1-5-6-7-31-8-11-33(12-9-31)38-15-14-35(29(2)54-38)45(60)56-39(18-19-49)48(63)58(4)43-34-13-17-42(65-25-22-52)37(28-34)36-26-32(10-16-41(36)64-24-21-51)27-40(46(61)53-23-20-50)57-44(59)30(3)55-47(43)62/h8-17,26,28,30,39-40,43H,5-7,18-19,21-25,27,49,51-52H2,1-4H3,(H,53,61)(H,55,62)(H,56,60)(H,57,59)/p+1. The molecular weight excluding hydrogens is 829 g/mol. The van der Waals surface area contributed by atoms with Crippen molar-refractivity contribution in [2.45, 2.75) is 77.0 Å². The number of unbranched alkanes of at least 4 members (excludes halogenated alkanes) is 1. The third-order valence-electron chi connectivity index (χ3n) is 11.0. The van der Waals surface area contributed by atoms with Crippen LogP contribution in [0, 0.1) is 18.3 Å². The molecule has 17 heteroatoms. The summed E-state index contributed by atoms with van der Waals surface area (Å²) in [6, 6.07) is 18.9. The van der Waals surface area contributed by atoms with Gasteiger partial charge in [-0.15, -0.1) is 0 Å². The van der Waals surface area contributed by atoms with E-state index in [0.29, 0.717) is 51.7 Å². The number of fused-ring (bicyclic) bond motifs is 5. The van der Waals surface area contributed by atoms with Crippen LogP contribution in [-0.2, 0) is 32.0 Å². The van der Waals surface area contributed by atoms with Crippen LogP contribution >= 0.6 is 0 Å². The molecule has 0 aliphatic carbocycles. The van der Waals surface area contributed by atoms with Crippen molar-refractivity contribution in [3.8, 4) is 40.0 Å². The Hall–Kier alpha value is -6.87. The van der Waals surface area contributed by atoms with Crippen molar-refractivity contribution in [3.05, 3.63) is 101 Å². The summed E-state index contributed by atoms with van der Waals surface area (Å²) in [6.45, 7) is 6.13. The van der Waals surface area contributed by atoms with Crippen molar-refractivity contribution >= 4 is 29.5 Å². The number of amides is 5. The van der Waals surface area contributed by atoms with Gasteiger partial charge < -0.3 is 52.8 Å². The lowest BCUT2D eigenvalue weighted by atomic mass is 9.93. The number of hydrogen-bond acceptors (Lipinski definition) is 11. The first-order valence-electron chi connectivity index (χ1n) is 22.0. The van der Waals surface area contributed by atoms with Gasteiger partial charge in [-0.05, 0) is 92.7 Å². The molecule has 344 valence electrons. The Labute approximate surface area is 379 Å². The molecule has 1 aliphatic heterocycles. The quantitative estimate of drug-likeness (QED) is 0.0709. The maximum Gasteiger partial charge on any atom is 0.253 e. The van der Waals surface area contributed by atoms with Crippen LogP contribution in [-0.4, -0.2) is 104 Å². The van der Waals surface area contributed by atoms with Gasteiger partial charge in [0, 0.05) is 36.7 Å². The first-order chi connectivity index (χ1) is 31.3. The number of rotatable bonds is 18. The molecule has 4 atom stereocenters. The van der Waals surface area contributed by atoms with Crippen molar-refractivity contribution in [3.63, 3.8) is 0 Å². The van der Waals surface area contributed by atoms with Gasteiger partial charge in [-0.1, -0.05) is 49.7 Å². The van der Waals surface area contributed by atoms with Crippen LogP contribution in [0.4, 0.5) is 0 Å². The van der Waals surface area contributed by atoms with E-state index in [1.165, 1.54) is 24.4 Å². The molecule has 0 radical (unpaired) electrons. The van der Waals surface area contributed by atoms with Gasteiger partial charge in [-0.25, -0.2) is 0 Å². The highest BCUT2D eigenvalue weighted by atomic mass is 16.5. The number of nitrogens with one attached hydrogen (secondary N) is 4. The van der Waals surface area contributed by atoms with E-state index in [-0.39, 0.29) is 51.3 Å². The summed E-state index contributed by atoms with van der Waals surface area (Å²) in [5, 5.41) is 20.0. The number of aromatic nitrogens is 1. The van der Waals surface area contributed by atoms with E-state index >= 15 is 0 Å². The number of benzene rings is 3. The first kappa shape index (κ1) is 49.2. The first-order valence-corrected chi connectivity index (χ1v) is 22.0. The predicted octanol–water partition coefficient (Wildman–Crippen LogP) is 1.86. The zero-order valence-electron chi connectivity index (χ0n) is 37.6. The molecule has 17 nitrogen and oxygen atoms in total. The van der Waals surface area contributed by atoms with Gasteiger partial charge in [0.25, 0.3) is 5.91 Å². The monoisotopic (exact) mass is 889 g/mol. The number of aryl methyl sites for hydroxylation is 2. The van der Waals surface area contributed by atoms with Gasteiger partial charge in [0.1, 0.15) is 62.0 Å². The second-order valence-corrected chi connectivity index (χ2v) is 15.9. The second-order valence-electron chi connectivity index (χ2n) is 15.9. The Morgan fingerprint density at radius 2 is 1.66 bits per heavy atom. The second kappa shape index (κ2) is 23.7. The summed E-state index contributed by atoms with van der Waals surface area (Å²) < 4.78 is 12.3. The highest BCUT2D eigenvalue weighted by Crippen LogP contribution is 2.40. The fraction of sp³-hybridized carbons (Fsp3) is 0.396. The molecular formula is C48H61N10O7+. The molecule has 4 bridgehead atoms. The Bertz CT molecular complexity index is 2370. The average Bonchev–Trinajstić information content (AvgIpc) is 3.30. The minimum atomic E-state index is -1.38. The number of nitrogens with zero attached hydrogens (tertiary/aromatic N) is 3. The van der Waals surface area contributed by atoms with Crippen LogP contribution in [0.1, 0.15) is 71.9 Å². The summed E-state index contributed by atoms with van der Waals surface area (Å²) in [6.07, 6.45) is 3.26. The summed E-state index contributed by atoms with van der Waals surface area (Å²) in [7, 11) is 1.43. The number of ether oxygens (including phenoxy) is 2. The highest BCUT2D eigenvalue weighted by molar-refractivity contribution is 6.00. The lowest BCUT2D eigenvalue weighted by Crippen LogP contribution is -2.56. The van der Waals surface area contributed by atoms with E-state index in [1.807, 2.05) is 18.2 Å². The van der Waals surface area contributed by atoms with Gasteiger partial charge >= 0.3 is 0 Å². The molecule has 0 saturated carbocycles. The minimum absolute atomic E-state index is 0.0196. The highest BCUT2D eigenvalue weighted by Gasteiger charge is 2.36. The summed E-state index contributed by atoms with van der Waals surface area (Å²) >= 11 is 0. The number of nitriles is 1. The van der Waals surface area contributed by atoms with Crippen LogP contribution < -0.4 is 47.9 Å². The van der Waals surface area contributed by atoms with E-state index in [1.54, 1.807) is 55.5 Å². The third-order valence-corrected chi connectivity index (χ3v) is 11.0. The number of nitrogens with two attached hydrogens (primary N) is 2. The molecule has 5 rings (SSSR count). The molecule has 0 saturated heterocycles. The Morgan fingerprint density at radius 3 is 2.32 bits per heavy atom. The van der Waals surface area contributed by atoms with Crippen molar-refractivity contribution in [2.24, 2.45) is 11.5 Å². The van der Waals surface area contributed by atoms with Gasteiger partial charge in [-0.3, -0.25) is 29.0 Å². The van der Waals surface area contributed by atoms with Gasteiger partial charge in [0.05, 0.1) is 23.0 Å². The number of carbonyl (C=O) groups excluding carboxylic acids is 5. The summed E-state index contributed by atoms with van der Waals surface area (Å²) in [5.74, 6) is -2.37. The fourth-order valence-corrected chi connectivity index (χ4v) is 7.56. The lowest BCUT2D eigenvalue weighted by Gasteiger charge is -2.32. The average molecular weight is 890 g/mol. The maximum atomic E-state index is 14.7. The maximum absolute atomic E-state index is 14.7. The van der Waals surface area contributed by atoms with E-state index in [2.05, 4.69) is 46.1 Å². The van der Waals surface area contributed by atoms with Gasteiger partial charge in [0.2, 0.25) is 23.6 Å². The van der Waals surface area contributed by atoms with E-state index in [9.17, 15) is 24.0 Å². The largest absolute Gasteiger partial charge is 0.492 e. The molecule has 2 heterocycles. The molecule has 0 spiro atoms. The van der Waals surface area contributed by atoms with Gasteiger partial charge in [0.15, 0.2) is 0 Å². The van der Waals surface area contributed by atoms with Crippen LogP contribution in [0.15, 0.2) is 72.8 Å². The van der Waals surface area contributed by atoms with Crippen molar-refractivity contribution in [1.29, 1.82) is 5.26 Å². The van der Waals surface area contributed by atoms with Crippen molar-refractivity contribution in [1.82, 2.24) is 31.2 Å². The Kier molecular flexibility index (Phi) is 17.9. The molecule has 65 heavy (non-hydrogen) atoms. The Morgan fingerprint density at radius 1 is 0.954 bits per heavy atom. The summed E-state index contributed by atoms with van der Waals surface area (Å²) in [4.78, 5) is 76.1. The smallest absolute Gasteiger partial charge is 0.253 e. The SMILES string of the molecule is CCCCc1ccc(-c2ccc(C(=O)NC(CCN)C(=O)N(C)C3C(=O)NC(C)C(=O)NC(C(=O)NCC#N)Cc4ccc(OCC[NH3+])c(c4)-c4cc3ccc4OCCN)c(C)n2)cc1. The fourth-order valence-electron chi connectivity index (χ4n) is 7.56. The molecule has 4 unspecified atom stereocenters. The molecule has 0 fully saturated rings.